The van der Waals surface area contributed by atoms with Crippen LogP contribution in [-0.2, 0) is 10.1 Å². The first kappa shape index (κ1) is 18.7. The number of benzene rings is 3. The zero-order valence-corrected chi connectivity index (χ0v) is 16.5. The van der Waals surface area contributed by atoms with Gasteiger partial charge in [-0.15, -0.1) is 0 Å². The monoisotopic (exact) mass is 446 g/mol. The molecule has 0 N–H and O–H groups in total. The first-order valence-corrected chi connectivity index (χ1v) is 11.3. The minimum absolute atomic E-state index is 0.178. The average molecular weight is 447 g/mol. The Labute approximate surface area is 153 Å². The third-order valence-corrected chi connectivity index (χ3v) is 7.11. The van der Waals surface area contributed by atoms with Crippen LogP contribution in [0, 0.1) is 6.92 Å². The van der Waals surface area contributed by atoms with Crippen molar-refractivity contribution in [1.82, 2.24) is 0 Å². The van der Waals surface area contributed by atoms with Gasteiger partial charge in [-0.25, -0.2) is 8.42 Å². The Bertz CT molecular complexity index is 809. The van der Waals surface area contributed by atoms with E-state index in [9.17, 15) is 13.0 Å². The van der Waals surface area contributed by atoms with Crippen molar-refractivity contribution in [2.24, 2.45) is 0 Å². The summed E-state index contributed by atoms with van der Waals surface area (Å²) in [6.45, 7) is 1.82. The second kappa shape index (κ2) is 9.02. The molecule has 0 bridgehead atoms. The standard InChI is InChI=1S/C7H8O3S.2C6H5.Sb/c1-6-2-4-7(5-3-6)11(8,9)10;2*1-2-4-6-5-3-1;/h2-5H,1H3,(H,8,9,10);2*1-5H;/q;;;+1/p-1. The van der Waals surface area contributed by atoms with E-state index in [4.69, 9.17) is 0 Å². The van der Waals surface area contributed by atoms with E-state index in [2.05, 4.69) is 60.7 Å². The SMILES string of the molecule is Cc1ccc(S(=O)(=O)[O-])cc1.c1cc[c]([Sb+][c]2ccccc2)cc1. The van der Waals surface area contributed by atoms with E-state index in [0.29, 0.717) is 0 Å². The van der Waals surface area contributed by atoms with Crippen LogP contribution in [0.1, 0.15) is 5.56 Å². The van der Waals surface area contributed by atoms with Gasteiger partial charge in [-0.05, 0) is 19.1 Å². The average Bonchev–Trinajstić information content (AvgIpc) is 2.57. The predicted octanol–water partition coefficient (Wildman–Crippen LogP) is 2.24. The van der Waals surface area contributed by atoms with E-state index in [1.54, 1.807) is 12.1 Å². The molecule has 0 spiro atoms. The summed E-state index contributed by atoms with van der Waals surface area (Å²) in [5.74, 6) is 0. The fourth-order valence-corrected chi connectivity index (χ4v) is 5.01. The van der Waals surface area contributed by atoms with Crippen molar-refractivity contribution in [1.29, 1.82) is 0 Å². The van der Waals surface area contributed by atoms with Crippen molar-refractivity contribution in [2.45, 2.75) is 11.8 Å². The van der Waals surface area contributed by atoms with Gasteiger partial charge in [-0.1, -0.05) is 17.7 Å². The van der Waals surface area contributed by atoms with E-state index in [-0.39, 0.29) is 26.5 Å². The molecule has 0 aromatic heterocycles. The Morgan fingerprint density at radius 2 is 1.12 bits per heavy atom. The quantitative estimate of drug-likeness (QED) is 0.458. The fourth-order valence-electron chi connectivity index (χ4n) is 1.86. The summed E-state index contributed by atoms with van der Waals surface area (Å²) in [7, 11) is -4.27. The molecule has 3 nitrogen and oxygen atoms in total. The summed E-state index contributed by atoms with van der Waals surface area (Å²) in [5, 5.41) is 0. The molecule has 0 aliphatic rings. The van der Waals surface area contributed by atoms with Gasteiger partial charge < -0.3 is 4.55 Å². The Balaban J connectivity index is 0.000000177. The van der Waals surface area contributed by atoms with Crippen molar-refractivity contribution < 1.29 is 13.0 Å². The third kappa shape index (κ3) is 6.48. The van der Waals surface area contributed by atoms with E-state index in [0.717, 1.165) is 5.56 Å². The molecule has 122 valence electrons. The molecule has 3 aromatic rings. The zero-order chi connectivity index (χ0) is 17.4. The van der Waals surface area contributed by atoms with Crippen LogP contribution in [0.3, 0.4) is 0 Å². The molecule has 0 heterocycles. The molecule has 2 radical (unpaired) electrons. The molecule has 3 aromatic carbocycles. The first-order chi connectivity index (χ1) is 11.4. The molecule has 0 saturated heterocycles. The third-order valence-electron chi connectivity index (χ3n) is 3.08. The van der Waals surface area contributed by atoms with Crippen LogP contribution in [0.2, 0.25) is 0 Å². The Morgan fingerprint density at radius 1 is 0.708 bits per heavy atom. The van der Waals surface area contributed by atoms with Crippen LogP contribution in [0.15, 0.2) is 89.8 Å². The van der Waals surface area contributed by atoms with Gasteiger partial charge in [0.2, 0.25) is 0 Å². The molecule has 0 fully saturated rings. The summed E-state index contributed by atoms with van der Waals surface area (Å²) in [6.07, 6.45) is 0. The molecular weight excluding hydrogens is 430 g/mol. The number of aryl methyl sites for hydroxylation is 1. The van der Waals surface area contributed by atoms with Crippen molar-refractivity contribution in [3.63, 3.8) is 0 Å². The first-order valence-electron chi connectivity index (χ1n) is 7.29. The Morgan fingerprint density at radius 3 is 1.50 bits per heavy atom. The maximum absolute atomic E-state index is 10.4. The van der Waals surface area contributed by atoms with Gasteiger partial charge in [0.25, 0.3) is 0 Å². The maximum atomic E-state index is 10.4. The second-order valence-corrected chi connectivity index (χ2v) is 10.0. The molecule has 0 aliphatic carbocycles. The molecule has 0 unspecified atom stereocenters. The zero-order valence-electron chi connectivity index (χ0n) is 13.2. The molecule has 5 heteroatoms. The van der Waals surface area contributed by atoms with Crippen LogP contribution < -0.4 is 7.02 Å². The number of rotatable bonds is 3. The van der Waals surface area contributed by atoms with Crippen LogP contribution in [0.4, 0.5) is 0 Å². The van der Waals surface area contributed by atoms with Gasteiger partial charge in [-0.2, -0.15) is 0 Å². The summed E-state index contributed by atoms with van der Waals surface area (Å²) >= 11 is -0.335. The predicted molar refractivity (Wildman–Crippen MR) is 97.0 cm³/mol. The van der Waals surface area contributed by atoms with Gasteiger partial charge in [0, 0.05) is 0 Å². The number of hydrogen-bond acceptors (Lipinski definition) is 3. The second-order valence-electron chi connectivity index (χ2n) is 5.05. The molecule has 0 aliphatic heterocycles. The van der Waals surface area contributed by atoms with Crippen LogP contribution >= 0.6 is 0 Å². The minimum atomic E-state index is -4.27. The van der Waals surface area contributed by atoms with E-state index < -0.39 is 10.1 Å². The molecule has 3 rings (SSSR count). The number of hydrogen-bond donors (Lipinski definition) is 0. The van der Waals surface area contributed by atoms with E-state index >= 15 is 0 Å². The van der Waals surface area contributed by atoms with Gasteiger partial charge in [0.05, 0.1) is 4.90 Å². The van der Waals surface area contributed by atoms with Gasteiger partial charge in [0.1, 0.15) is 10.1 Å². The summed E-state index contributed by atoms with van der Waals surface area (Å²) in [4.78, 5) is -0.178. The molecule has 0 atom stereocenters. The Hall–Kier alpha value is -1.61. The van der Waals surface area contributed by atoms with Crippen molar-refractivity contribution in [2.75, 3.05) is 0 Å². The van der Waals surface area contributed by atoms with Crippen LogP contribution in [-0.4, -0.2) is 34.6 Å². The topological polar surface area (TPSA) is 57.2 Å². The fraction of sp³-hybridized carbons (Fsp3) is 0.0526. The van der Waals surface area contributed by atoms with Gasteiger partial charge >= 0.3 is 89.3 Å². The van der Waals surface area contributed by atoms with Gasteiger partial charge in [-0.3, -0.25) is 0 Å². The van der Waals surface area contributed by atoms with Crippen LogP contribution in [0.25, 0.3) is 0 Å². The molecule has 24 heavy (non-hydrogen) atoms. The normalized spacial score (nSPS) is 10.6. The van der Waals surface area contributed by atoms with Crippen molar-refractivity contribution in [3.8, 4) is 0 Å². The van der Waals surface area contributed by atoms with Gasteiger partial charge in [0.15, 0.2) is 0 Å². The molecular formula is C19H17O3SSb. The summed E-state index contributed by atoms with van der Waals surface area (Å²) in [5.41, 5.74) is 0.928. The van der Waals surface area contributed by atoms with Crippen LogP contribution in [0.5, 0.6) is 0 Å². The van der Waals surface area contributed by atoms with Crippen molar-refractivity contribution in [3.05, 3.63) is 90.5 Å². The van der Waals surface area contributed by atoms with E-state index in [1.807, 2.05) is 6.92 Å². The summed E-state index contributed by atoms with van der Waals surface area (Å²) in [6, 6.07) is 27.3. The van der Waals surface area contributed by atoms with E-state index in [1.165, 1.54) is 19.2 Å². The Kier molecular flexibility index (Phi) is 7.04. The molecule has 0 amide bonds. The summed E-state index contributed by atoms with van der Waals surface area (Å²) < 4.78 is 34.2. The molecule has 0 saturated carbocycles. The van der Waals surface area contributed by atoms with Crippen molar-refractivity contribution >= 4 is 38.8 Å².